The van der Waals surface area contributed by atoms with Crippen LogP contribution >= 0.6 is 0 Å². The van der Waals surface area contributed by atoms with Gasteiger partial charge in [-0.05, 0) is 47.6 Å². The standard InChI is InChI=1S/C18H29N/c1-16(2,3)13-17(4,5)14-7-9-15(10-8-14)18(19)11-6-12-18/h7-10H,6,11-13,19H2,1-5H3. The Hall–Kier alpha value is -0.820. The molecule has 1 nitrogen and oxygen atoms in total. The van der Waals surface area contributed by atoms with Gasteiger partial charge in [-0.15, -0.1) is 0 Å². The predicted octanol–water partition coefficient (Wildman–Crippen LogP) is 4.74. The van der Waals surface area contributed by atoms with Gasteiger partial charge in [0.2, 0.25) is 0 Å². The summed E-state index contributed by atoms with van der Waals surface area (Å²) in [6.45, 7) is 11.6. The van der Waals surface area contributed by atoms with Gasteiger partial charge in [-0.1, -0.05) is 58.9 Å². The Labute approximate surface area is 118 Å². The summed E-state index contributed by atoms with van der Waals surface area (Å²) in [5, 5.41) is 0. The highest BCUT2D eigenvalue weighted by Gasteiger charge is 2.34. The number of hydrogen-bond acceptors (Lipinski definition) is 1. The molecule has 0 aromatic heterocycles. The molecule has 0 aliphatic heterocycles. The molecule has 0 spiro atoms. The molecular weight excluding hydrogens is 230 g/mol. The monoisotopic (exact) mass is 259 g/mol. The van der Waals surface area contributed by atoms with Gasteiger partial charge in [-0.3, -0.25) is 0 Å². The molecule has 19 heavy (non-hydrogen) atoms. The van der Waals surface area contributed by atoms with Crippen LogP contribution in [0.2, 0.25) is 0 Å². The van der Waals surface area contributed by atoms with Crippen molar-refractivity contribution in [1.82, 2.24) is 0 Å². The lowest BCUT2D eigenvalue weighted by Crippen LogP contribution is -2.43. The summed E-state index contributed by atoms with van der Waals surface area (Å²) < 4.78 is 0. The number of benzene rings is 1. The summed E-state index contributed by atoms with van der Waals surface area (Å²) in [6.07, 6.45) is 4.73. The first-order chi connectivity index (χ1) is 8.62. The Morgan fingerprint density at radius 3 is 1.89 bits per heavy atom. The SMILES string of the molecule is CC(C)(C)CC(C)(C)c1ccc(C2(N)CCC2)cc1. The molecule has 1 aromatic carbocycles. The average Bonchev–Trinajstić information content (AvgIpc) is 2.23. The third-order valence-corrected chi connectivity index (χ3v) is 4.46. The highest BCUT2D eigenvalue weighted by atomic mass is 14.8. The normalized spacial score (nSPS) is 19.1. The lowest BCUT2D eigenvalue weighted by Gasteiger charge is -2.39. The van der Waals surface area contributed by atoms with Crippen LogP contribution < -0.4 is 5.73 Å². The quantitative estimate of drug-likeness (QED) is 0.833. The highest BCUT2D eigenvalue weighted by Crippen LogP contribution is 2.40. The van der Waals surface area contributed by atoms with Crippen molar-refractivity contribution in [2.45, 2.75) is 71.3 Å². The second-order valence-electron chi connectivity index (χ2n) is 8.21. The molecule has 0 atom stereocenters. The number of hydrogen-bond donors (Lipinski definition) is 1. The van der Waals surface area contributed by atoms with Gasteiger partial charge in [-0.2, -0.15) is 0 Å². The van der Waals surface area contributed by atoms with Crippen LogP contribution in [-0.2, 0) is 11.0 Å². The molecule has 0 radical (unpaired) electrons. The minimum atomic E-state index is -0.0350. The summed E-state index contributed by atoms with van der Waals surface area (Å²) in [4.78, 5) is 0. The van der Waals surface area contributed by atoms with Crippen LogP contribution in [0.25, 0.3) is 0 Å². The van der Waals surface area contributed by atoms with Crippen molar-refractivity contribution in [2.24, 2.45) is 11.1 Å². The van der Waals surface area contributed by atoms with Gasteiger partial charge in [0.05, 0.1) is 0 Å². The third kappa shape index (κ3) is 3.20. The van der Waals surface area contributed by atoms with Crippen molar-refractivity contribution in [3.8, 4) is 0 Å². The van der Waals surface area contributed by atoms with Crippen LogP contribution in [0.4, 0.5) is 0 Å². The van der Waals surface area contributed by atoms with Crippen molar-refractivity contribution in [3.05, 3.63) is 35.4 Å². The van der Waals surface area contributed by atoms with Crippen LogP contribution in [0.5, 0.6) is 0 Å². The average molecular weight is 259 g/mol. The fraction of sp³-hybridized carbons (Fsp3) is 0.667. The predicted molar refractivity (Wildman–Crippen MR) is 83.3 cm³/mol. The summed E-state index contributed by atoms with van der Waals surface area (Å²) in [7, 11) is 0. The highest BCUT2D eigenvalue weighted by molar-refractivity contribution is 5.33. The lowest BCUT2D eigenvalue weighted by atomic mass is 9.70. The smallest absolute Gasteiger partial charge is 0.0409 e. The molecule has 1 aliphatic rings. The van der Waals surface area contributed by atoms with Gasteiger partial charge >= 0.3 is 0 Å². The molecule has 0 bridgehead atoms. The van der Waals surface area contributed by atoms with Crippen LogP contribution in [0.3, 0.4) is 0 Å². The van der Waals surface area contributed by atoms with Crippen molar-refractivity contribution in [2.75, 3.05) is 0 Å². The Morgan fingerprint density at radius 1 is 1.00 bits per heavy atom. The lowest BCUT2D eigenvalue weighted by molar-refractivity contribution is 0.253. The fourth-order valence-electron chi connectivity index (χ4n) is 3.53. The Balaban J connectivity index is 2.18. The second-order valence-corrected chi connectivity index (χ2v) is 8.21. The zero-order chi connectivity index (χ0) is 14.3. The maximum Gasteiger partial charge on any atom is 0.0409 e. The molecule has 0 unspecified atom stereocenters. The summed E-state index contributed by atoms with van der Waals surface area (Å²) in [5.74, 6) is 0. The van der Waals surface area contributed by atoms with Gasteiger partial charge in [0, 0.05) is 5.54 Å². The zero-order valence-electron chi connectivity index (χ0n) is 13.2. The van der Waals surface area contributed by atoms with E-state index in [9.17, 15) is 0 Å². The van der Waals surface area contributed by atoms with Gasteiger partial charge in [0.25, 0.3) is 0 Å². The van der Waals surface area contributed by atoms with Gasteiger partial charge in [-0.25, -0.2) is 0 Å². The van der Waals surface area contributed by atoms with Gasteiger partial charge in [0.15, 0.2) is 0 Å². The number of rotatable bonds is 3. The summed E-state index contributed by atoms with van der Waals surface area (Å²) in [6, 6.07) is 9.07. The first-order valence-corrected chi connectivity index (χ1v) is 7.52. The van der Waals surface area contributed by atoms with E-state index >= 15 is 0 Å². The Morgan fingerprint density at radius 2 is 1.53 bits per heavy atom. The molecule has 1 heteroatoms. The largest absolute Gasteiger partial charge is 0.321 e. The van der Waals surface area contributed by atoms with E-state index in [1.54, 1.807) is 0 Å². The van der Waals surface area contributed by atoms with Crippen molar-refractivity contribution in [1.29, 1.82) is 0 Å². The molecule has 0 saturated heterocycles. The van der Waals surface area contributed by atoms with E-state index < -0.39 is 0 Å². The molecule has 106 valence electrons. The van der Waals surface area contributed by atoms with Gasteiger partial charge in [0.1, 0.15) is 0 Å². The van der Waals surface area contributed by atoms with E-state index in [0.29, 0.717) is 5.41 Å². The molecule has 1 fully saturated rings. The van der Waals surface area contributed by atoms with Crippen LogP contribution in [0.15, 0.2) is 24.3 Å². The van der Waals surface area contributed by atoms with Crippen molar-refractivity contribution >= 4 is 0 Å². The summed E-state index contributed by atoms with van der Waals surface area (Å²) >= 11 is 0. The van der Waals surface area contributed by atoms with Crippen LogP contribution in [0, 0.1) is 5.41 Å². The maximum atomic E-state index is 6.39. The van der Waals surface area contributed by atoms with E-state index in [-0.39, 0.29) is 11.0 Å². The molecule has 2 rings (SSSR count). The Bertz CT molecular complexity index is 430. The summed E-state index contributed by atoms with van der Waals surface area (Å²) in [5.41, 5.74) is 9.66. The molecule has 1 aromatic rings. The van der Waals surface area contributed by atoms with E-state index in [0.717, 1.165) is 12.8 Å². The zero-order valence-corrected chi connectivity index (χ0v) is 13.2. The van der Waals surface area contributed by atoms with E-state index in [2.05, 4.69) is 58.9 Å². The minimum Gasteiger partial charge on any atom is -0.321 e. The topological polar surface area (TPSA) is 26.0 Å². The van der Waals surface area contributed by atoms with E-state index in [1.165, 1.54) is 24.0 Å². The van der Waals surface area contributed by atoms with Gasteiger partial charge < -0.3 is 5.73 Å². The van der Waals surface area contributed by atoms with Crippen molar-refractivity contribution in [3.63, 3.8) is 0 Å². The van der Waals surface area contributed by atoms with Crippen molar-refractivity contribution < 1.29 is 0 Å². The molecular formula is C18H29N. The molecule has 2 N–H and O–H groups in total. The Kier molecular flexibility index (Phi) is 3.55. The minimum absolute atomic E-state index is 0.0350. The molecule has 1 aliphatic carbocycles. The number of nitrogens with two attached hydrogens (primary N) is 1. The first kappa shape index (κ1) is 14.6. The molecule has 0 heterocycles. The maximum absolute atomic E-state index is 6.39. The van der Waals surface area contributed by atoms with Crippen LogP contribution in [-0.4, -0.2) is 0 Å². The third-order valence-electron chi connectivity index (χ3n) is 4.46. The van der Waals surface area contributed by atoms with E-state index in [4.69, 9.17) is 5.73 Å². The molecule has 1 saturated carbocycles. The van der Waals surface area contributed by atoms with Crippen LogP contribution in [0.1, 0.15) is 71.4 Å². The molecule has 0 amide bonds. The van der Waals surface area contributed by atoms with E-state index in [1.807, 2.05) is 0 Å². The second kappa shape index (κ2) is 4.63. The fourth-order valence-corrected chi connectivity index (χ4v) is 3.53. The first-order valence-electron chi connectivity index (χ1n) is 7.52.